The minimum Gasteiger partial charge on any atom is -0.481 e. The average molecular weight is 1630 g/mol. The van der Waals surface area contributed by atoms with E-state index < -0.39 is 74.9 Å². The number of fused-ring (bicyclic) bond motifs is 13. The highest BCUT2D eigenvalue weighted by Crippen LogP contribution is 2.44. The van der Waals surface area contributed by atoms with Gasteiger partial charge in [-0.3, -0.25) is 19.4 Å². The second-order valence-electron chi connectivity index (χ2n) is 30.8. The van der Waals surface area contributed by atoms with Crippen molar-refractivity contribution in [1.29, 1.82) is 0 Å². The Morgan fingerprint density at radius 3 is 1.31 bits per heavy atom. The number of aromatic nitrogens is 6. The van der Waals surface area contributed by atoms with Gasteiger partial charge in [-0.05, 0) is 193 Å². The molecular formula is C93H82F8N6O10S. The standard InChI is InChI=1S/C26H24N2O4S.C24H22N2O2.C22H19F4NO2.C21H17F4NO2/c29-25(30)15-18-12-13-24-22(21-10-4-5-11-23(21)28(24)17-18)16-19-7-6-14-27-26(19)33(31,32)20-8-2-1-3-9-20;27-24(28)13-16-9-12-23-20(19-6-2-4-8-22(19)26(23)15-16)14-18-11-10-17-5-1-3-7-21(17)25-18;23-15-7-6-14(18(11-15)22(24,25)26)10-17-16-3-1-2-4-19(16)27-12-13(9-21(28)29)5-8-20(17)27;22-13-9-8-12(16(11-13)21(23,24)25)10-15-14-4-1-2-5-17(14)26-18(15)6-3-7-19(26)20(27)28/h1-11,14,18H,12-13,15-17H2,(H,29,30);1-8,10-11,16H,9,12-15H2,(H,27,28);1-4,6-7,11,13H,5,8-10,12H2,(H,28,29);1-2,4-5,8-9,11,19H,3,6-7,10H2,(H,27,28). The molecule has 25 heteroatoms. The minimum atomic E-state index is -4.67. The van der Waals surface area contributed by atoms with Crippen LogP contribution in [0.2, 0.25) is 0 Å². The topological polar surface area (TPSA) is 229 Å². The molecule has 4 aliphatic rings. The van der Waals surface area contributed by atoms with Crippen molar-refractivity contribution in [3.05, 3.63) is 309 Å². The molecule has 0 spiro atoms. The molecular weight excluding hydrogens is 1550 g/mol. The van der Waals surface area contributed by atoms with Crippen LogP contribution in [0.4, 0.5) is 35.1 Å². The number of halogens is 8. The molecule has 0 saturated heterocycles. The van der Waals surface area contributed by atoms with Crippen molar-refractivity contribution in [1.82, 2.24) is 28.2 Å². The van der Waals surface area contributed by atoms with Gasteiger partial charge in [-0.1, -0.05) is 133 Å². The molecule has 4 aliphatic heterocycles. The Morgan fingerprint density at radius 2 is 0.839 bits per heavy atom. The van der Waals surface area contributed by atoms with Crippen molar-refractivity contribution < 1.29 is 83.1 Å². The highest BCUT2D eigenvalue weighted by atomic mass is 32.2. The Labute approximate surface area is 673 Å². The van der Waals surface area contributed by atoms with Gasteiger partial charge in [-0.25, -0.2) is 27.0 Å². The summed E-state index contributed by atoms with van der Waals surface area (Å²) in [5.74, 6) is -4.86. The summed E-state index contributed by atoms with van der Waals surface area (Å²) in [5, 5.41) is 42.4. The van der Waals surface area contributed by atoms with Crippen LogP contribution in [0, 0.1) is 29.4 Å². The lowest BCUT2D eigenvalue weighted by Crippen LogP contribution is -2.25. The Balaban J connectivity index is 0.000000123. The molecule has 0 aliphatic carbocycles. The summed E-state index contributed by atoms with van der Waals surface area (Å²) < 4.78 is 143. The van der Waals surface area contributed by atoms with E-state index in [0.717, 1.165) is 129 Å². The van der Waals surface area contributed by atoms with Crippen LogP contribution in [0.25, 0.3) is 54.5 Å². The maximum atomic E-state index is 13.5. The maximum Gasteiger partial charge on any atom is 0.416 e. The number of sulfone groups is 1. The van der Waals surface area contributed by atoms with Crippen LogP contribution in [0.5, 0.6) is 0 Å². The average Bonchev–Trinajstić information content (AvgIpc) is 1.60. The summed E-state index contributed by atoms with van der Waals surface area (Å²) in [6.07, 6.45) is 0.350. The third-order valence-electron chi connectivity index (χ3n) is 23.3. The Bertz CT molecular complexity index is 6310. The largest absolute Gasteiger partial charge is 0.481 e. The summed E-state index contributed by atoms with van der Waals surface area (Å²) in [6.45, 7) is 1.97. The molecule has 4 N–H and O–H groups in total. The van der Waals surface area contributed by atoms with Gasteiger partial charge in [0.2, 0.25) is 9.84 Å². The highest BCUT2D eigenvalue weighted by molar-refractivity contribution is 7.91. The first-order chi connectivity index (χ1) is 56.6. The van der Waals surface area contributed by atoms with Crippen LogP contribution in [0.1, 0.15) is 136 Å². The van der Waals surface area contributed by atoms with E-state index in [1.165, 1.54) is 34.4 Å². The normalized spacial score (nSPS) is 16.5. The molecule has 0 saturated carbocycles. The van der Waals surface area contributed by atoms with Crippen molar-refractivity contribution in [2.75, 3.05) is 0 Å². The highest BCUT2D eigenvalue weighted by Gasteiger charge is 2.39. The summed E-state index contributed by atoms with van der Waals surface area (Å²) in [5.41, 5.74) is 12.8. The predicted molar refractivity (Wildman–Crippen MR) is 431 cm³/mol. The Morgan fingerprint density at radius 1 is 0.424 bits per heavy atom. The van der Waals surface area contributed by atoms with Gasteiger partial charge in [0.1, 0.15) is 17.7 Å². The van der Waals surface area contributed by atoms with E-state index in [-0.39, 0.29) is 70.9 Å². The number of carboxylic acids is 4. The molecule has 16 nitrogen and oxygen atoms in total. The molecule has 118 heavy (non-hydrogen) atoms. The van der Waals surface area contributed by atoms with E-state index >= 15 is 0 Å². The van der Waals surface area contributed by atoms with Gasteiger partial charge in [0.25, 0.3) is 0 Å². The first kappa shape index (κ1) is 80.9. The van der Waals surface area contributed by atoms with Crippen molar-refractivity contribution >= 4 is 88.2 Å². The summed E-state index contributed by atoms with van der Waals surface area (Å²) in [7, 11) is -3.75. The fourth-order valence-corrected chi connectivity index (χ4v) is 19.5. The lowest BCUT2D eigenvalue weighted by atomic mass is 9.91. The third kappa shape index (κ3) is 17.0. The van der Waals surface area contributed by atoms with Gasteiger partial charge in [-0.15, -0.1) is 0 Å². The maximum absolute atomic E-state index is 13.5. The van der Waals surface area contributed by atoms with Crippen molar-refractivity contribution in [2.24, 2.45) is 17.8 Å². The number of para-hydroxylation sites is 5. The van der Waals surface area contributed by atoms with E-state index in [2.05, 4.69) is 74.8 Å². The number of pyridine rings is 2. The molecule has 4 unspecified atom stereocenters. The van der Waals surface area contributed by atoms with Gasteiger partial charge in [0.05, 0.1) is 21.5 Å². The van der Waals surface area contributed by atoms with E-state index in [1.54, 1.807) is 65.2 Å². The molecule has 10 heterocycles. The van der Waals surface area contributed by atoms with Crippen LogP contribution in [-0.4, -0.2) is 81.0 Å². The molecule has 8 aromatic carbocycles. The number of benzene rings is 8. The number of nitrogens with zero attached hydrogens (tertiary/aromatic N) is 6. The molecule has 4 atom stereocenters. The lowest BCUT2D eigenvalue weighted by Gasteiger charge is -2.25. The number of hydrogen-bond acceptors (Lipinski definition) is 8. The van der Waals surface area contributed by atoms with Gasteiger partial charge >= 0.3 is 36.2 Å². The van der Waals surface area contributed by atoms with E-state index in [0.29, 0.717) is 80.4 Å². The number of aliphatic carboxylic acids is 4. The Hall–Kier alpha value is -12.3. The number of carboxylic acid groups (broad SMARTS) is 4. The van der Waals surface area contributed by atoms with Crippen LogP contribution in [0.3, 0.4) is 0 Å². The zero-order valence-corrected chi connectivity index (χ0v) is 64.7. The summed E-state index contributed by atoms with van der Waals surface area (Å²) in [6, 6.07) is 60.4. The van der Waals surface area contributed by atoms with Crippen molar-refractivity contribution in [3.8, 4) is 0 Å². The zero-order chi connectivity index (χ0) is 82.9. The number of carbonyl (C=O) groups is 4. The molecule has 14 aromatic rings. The molecule has 18 rings (SSSR count). The quantitative estimate of drug-likeness (QED) is 0.0624. The fraction of sp³-hybridized carbons (Fsp3) is 0.269. The van der Waals surface area contributed by atoms with Crippen molar-refractivity contribution in [3.63, 3.8) is 0 Å². The van der Waals surface area contributed by atoms with Gasteiger partial charge < -0.3 is 38.7 Å². The monoisotopic (exact) mass is 1630 g/mol. The molecule has 0 bridgehead atoms. The minimum absolute atomic E-state index is 0.0137. The first-order valence-electron chi connectivity index (χ1n) is 39.2. The third-order valence-corrected chi connectivity index (χ3v) is 25.1. The number of rotatable bonds is 17. The Kier molecular flexibility index (Phi) is 23.2. The summed E-state index contributed by atoms with van der Waals surface area (Å²) in [4.78, 5) is 54.7. The molecule has 0 fully saturated rings. The summed E-state index contributed by atoms with van der Waals surface area (Å²) >= 11 is 0. The second kappa shape index (κ2) is 33.8. The first-order valence-corrected chi connectivity index (χ1v) is 40.7. The molecule has 6 aromatic heterocycles. The molecule has 606 valence electrons. The second-order valence-corrected chi connectivity index (χ2v) is 32.7. The van der Waals surface area contributed by atoms with Crippen LogP contribution < -0.4 is 0 Å². The molecule has 0 amide bonds. The van der Waals surface area contributed by atoms with Crippen LogP contribution in [-0.2, 0) is 112 Å². The van der Waals surface area contributed by atoms with E-state index in [4.69, 9.17) is 10.1 Å². The van der Waals surface area contributed by atoms with Gasteiger partial charge in [-0.2, -0.15) is 26.3 Å². The predicted octanol–water partition coefficient (Wildman–Crippen LogP) is 20.1. The number of alkyl halides is 6. The van der Waals surface area contributed by atoms with Gasteiger partial charge in [0, 0.05) is 148 Å². The zero-order valence-electron chi connectivity index (χ0n) is 63.9. The number of hydrogen-bond donors (Lipinski definition) is 4. The van der Waals surface area contributed by atoms with E-state index in [9.17, 15) is 78.0 Å². The molecule has 0 radical (unpaired) electrons. The lowest BCUT2D eigenvalue weighted by molar-refractivity contribution is -0.142. The van der Waals surface area contributed by atoms with E-state index in [1.807, 2.05) is 59.2 Å². The SMILES string of the molecule is O=C(O)C1CCCc2c(Cc3ccc(F)cc3C(F)(F)F)c3ccccc3n21.O=C(O)CC1CCc2c(Cc3ccc(F)cc3C(F)(F)F)c3ccccc3n2C1.O=C(O)CC1CCc2c(Cc3ccc4ccccc4n3)c3ccccc3n2C1.O=C(O)CC1CCc2c(Cc3cccnc3S(=O)(=O)c3ccccc3)c3ccccc3n2C1. The smallest absolute Gasteiger partial charge is 0.416 e. The fourth-order valence-electron chi connectivity index (χ4n) is 18.1. The van der Waals surface area contributed by atoms with Crippen LogP contribution in [0.15, 0.2) is 228 Å². The van der Waals surface area contributed by atoms with Crippen LogP contribution >= 0.6 is 0 Å². The van der Waals surface area contributed by atoms with Crippen molar-refractivity contribution in [2.45, 2.75) is 151 Å². The van der Waals surface area contributed by atoms with Gasteiger partial charge in [0.15, 0.2) is 5.03 Å².